The van der Waals surface area contributed by atoms with Gasteiger partial charge in [0.15, 0.2) is 0 Å². The number of hydrogen-bond acceptors (Lipinski definition) is 0. The van der Waals surface area contributed by atoms with Crippen LogP contribution in [0.25, 0.3) is 0 Å². The molecule has 0 unspecified atom stereocenters. The van der Waals surface area contributed by atoms with Gasteiger partial charge in [-0.05, 0) is 34.7 Å². The molecule has 0 aromatic heterocycles. The van der Waals surface area contributed by atoms with E-state index in [1.54, 1.807) is 12.1 Å². The minimum atomic E-state index is -0.227. The number of benzene rings is 1. The summed E-state index contributed by atoms with van der Waals surface area (Å²) in [6, 6.07) is 3.35. The first kappa shape index (κ1) is 9.74. The molecule has 0 amide bonds. The molecule has 0 aliphatic rings. The van der Waals surface area contributed by atoms with Crippen molar-refractivity contribution in [1.29, 1.82) is 0 Å². The van der Waals surface area contributed by atoms with Gasteiger partial charge in [-0.1, -0.05) is 27.5 Å². The van der Waals surface area contributed by atoms with Crippen LogP contribution in [-0.4, -0.2) is 0 Å². The fraction of sp³-hybridized carbons (Fsp3) is 0.143. The number of alkyl halides is 1. The van der Waals surface area contributed by atoms with Crippen LogP contribution in [0.15, 0.2) is 12.1 Å². The van der Waals surface area contributed by atoms with Gasteiger partial charge in [0.05, 0.1) is 0 Å². The summed E-state index contributed by atoms with van der Waals surface area (Å²) in [4.78, 5) is 0. The van der Waals surface area contributed by atoms with Crippen LogP contribution in [-0.2, 0) is 5.33 Å². The molecule has 11 heavy (non-hydrogen) atoms. The molecule has 1 aromatic rings. The SMILES string of the molecule is Fc1c(I)ccc(Cl)c1CBr. The first-order valence-electron chi connectivity index (χ1n) is 2.85. The summed E-state index contributed by atoms with van der Waals surface area (Å²) in [5.74, 6) is -0.227. The predicted molar refractivity (Wildman–Crippen MR) is 56.8 cm³/mol. The van der Waals surface area contributed by atoms with Crippen molar-refractivity contribution in [2.45, 2.75) is 5.33 Å². The third kappa shape index (κ3) is 2.06. The largest absolute Gasteiger partial charge is 0.205 e. The lowest BCUT2D eigenvalue weighted by molar-refractivity contribution is 0.610. The molecule has 60 valence electrons. The summed E-state index contributed by atoms with van der Waals surface area (Å²) in [7, 11) is 0. The lowest BCUT2D eigenvalue weighted by Crippen LogP contribution is -1.90. The fourth-order valence-electron chi connectivity index (χ4n) is 0.692. The monoisotopic (exact) mass is 348 g/mol. The van der Waals surface area contributed by atoms with E-state index in [0.717, 1.165) is 0 Å². The molecule has 0 saturated heterocycles. The van der Waals surface area contributed by atoms with Gasteiger partial charge in [0.1, 0.15) is 5.82 Å². The minimum absolute atomic E-state index is 0.227. The maximum Gasteiger partial charge on any atom is 0.142 e. The van der Waals surface area contributed by atoms with Gasteiger partial charge >= 0.3 is 0 Å². The highest BCUT2D eigenvalue weighted by Gasteiger charge is 2.08. The zero-order valence-electron chi connectivity index (χ0n) is 5.37. The van der Waals surface area contributed by atoms with Crippen LogP contribution in [0, 0.1) is 9.39 Å². The van der Waals surface area contributed by atoms with Gasteiger partial charge in [-0.15, -0.1) is 0 Å². The van der Waals surface area contributed by atoms with E-state index in [2.05, 4.69) is 15.9 Å². The van der Waals surface area contributed by atoms with Crippen molar-refractivity contribution in [2.75, 3.05) is 0 Å². The van der Waals surface area contributed by atoms with Crippen LogP contribution in [0.4, 0.5) is 4.39 Å². The van der Waals surface area contributed by atoms with Crippen molar-refractivity contribution < 1.29 is 4.39 Å². The summed E-state index contributed by atoms with van der Waals surface area (Å²) in [6.45, 7) is 0. The van der Waals surface area contributed by atoms with Crippen molar-refractivity contribution in [3.63, 3.8) is 0 Å². The molecule has 0 heterocycles. The molecule has 0 radical (unpaired) electrons. The highest BCUT2D eigenvalue weighted by atomic mass is 127. The Morgan fingerprint density at radius 2 is 2.18 bits per heavy atom. The Balaban J connectivity index is 3.29. The van der Waals surface area contributed by atoms with E-state index >= 15 is 0 Å². The molecule has 0 bridgehead atoms. The summed E-state index contributed by atoms with van der Waals surface area (Å²) in [6.07, 6.45) is 0. The van der Waals surface area contributed by atoms with Gasteiger partial charge in [-0.2, -0.15) is 0 Å². The highest BCUT2D eigenvalue weighted by molar-refractivity contribution is 14.1. The van der Waals surface area contributed by atoms with E-state index in [1.807, 2.05) is 22.6 Å². The van der Waals surface area contributed by atoms with Gasteiger partial charge in [0.25, 0.3) is 0 Å². The second-order valence-corrected chi connectivity index (χ2v) is 4.09. The van der Waals surface area contributed by atoms with Crippen LogP contribution >= 0.6 is 50.1 Å². The number of halogens is 4. The van der Waals surface area contributed by atoms with Gasteiger partial charge in [0.2, 0.25) is 0 Å². The Morgan fingerprint density at radius 1 is 1.55 bits per heavy atom. The number of rotatable bonds is 1. The zero-order valence-corrected chi connectivity index (χ0v) is 9.87. The molecule has 0 aliphatic heterocycles. The quantitative estimate of drug-likeness (QED) is 0.409. The van der Waals surface area contributed by atoms with Crippen LogP contribution in [0.2, 0.25) is 5.02 Å². The second-order valence-electron chi connectivity index (χ2n) is 1.96. The highest BCUT2D eigenvalue weighted by Crippen LogP contribution is 2.25. The Morgan fingerprint density at radius 3 is 2.64 bits per heavy atom. The van der Waals surface area contributed by atoms with Gasteiger partial charge < -0.3 is 0 Å². The molecule has 1 rings (SSSR count). The number of hydrogen-bond donors (Lipinski definition) is 0. The standard InChI is InChI=1S/C7H4BrClFI/c8-3-4-5(9)1-2-6(11)7(4)10/h1-2H,3H2. The second kappa shape index (κ2) is 4.05. The van der Waals surface area contributed by atoms with Crippen LogP contribution in [0.5, 0.6) is 0 Å². The van der Waals surface area contributed by atoms with E-state index in [1.165, 1.54) is 0 Å². The predicted octanol–water partition coefficient (Wildman–Crippen LogP) is 3.98. The summed E-state index contributed by atoms with van der Waals surface area (Å²) in [5.41, 5.74) is 0.526. The normalized spacial score (nSPS) is 10.2. The molecule has 0 N–H and O–H groups in total. The topological polar surface area (TPSA) is 0 Å². The molecule has 0 spiro atoms. The zero-order chi connectivity index (χ0) is 8.43. The average Bonchev–Trinajstić information content (AvgIpc) is 1.99. The molecule has 0 aliphatic carbocycles. The van der Waals surface area contributed by atoms with Gasteiger partial charge in [-0.3, -0.25) is 0 Å². The lowest BCUT2D eigenvalue weighted by Gasteiger charge is -2.02. The van der Waals surface area contributed by atoms with E-state index in [-0.39, 0.29) is 5.82 Å². The Hall–Kier alpha value is 0.650. The first-order chi connectivity index (χ1) is 5.16. The molecule has 0 atom stereocenters. The van der Waals surface area contributed by atoms with Crippen LogP contribution < -0.4 is 0 Å². The van der Waals surface area contributed by atoms with E-state index < -0.39 is 0 Å². The molecule has 4 heteroatoms. The van der Waals surface area contributed by atoms with Crippen LogP contribution in [0.3, 0.4) is 0 Å². The van der Waals surface area contributed by atoms with Gasteiger partial charge in [0, 0.05) is 19.5 Å². The van der Waals surface area contributed by atoms with E-state index in [9.17, 15) is 4.39 Å². The molecule has 1 aromatic carbocycles. The maximum atomic E-state index is 13.1. The van der Waals surface area contributed by atoms with Crippen molar-refractivity contribution >= 4 is 50.1 Å². The summed E-state index contributed by atoms with van der Waals surface area (Å²) >= 11 is 10.8. The fourth-order valence-corrected chi connectivity index (χ4v) is 2.12. The third-order valence-electron chi connectivity index (χ3n) is 1.27. The summed E-state index contributed by atoms with van der Waals surface area (Å²) < 4.78 is 13.7. The Kier molecular flexibility index (Phi) is 3.58. The summed E-state index contributed by atoms with van der Waals surface area (Å²) in [5, 5.41) is 0.925. The molecular formula is C7H4BrClFI. The van der Waals surface area contributed by atoms with Crippen LogP contribution in [0.1, 0.15) is 5.56 Å². The molecular weight excluding hydrogens is 345 g/mol. The van der Waals surface area contributed by atoms with Crippen molar-refractivity contribution in [2.24, 2.45) is 0 Å². The van der Waals surface area contributed by atoms with E-state index in [0.29, 0.717) is 19.5 Å². The first-order valence-corrected chi connectivity index (χ1v) is 5.43. The van der Waals surface area contributed by atoms with E-state index in [4.69, 9.17) is 11.6 Å². The smallest absolute Gasteiger partial charge is 0.142 e. The van der Waals surface area contributed by atoms with Crippen molar-refractivity contribution in [3.05, 3.63) is 32.1 Å². The minimum Gasteiger partial charge on any atom is -0.205 e. The van der Waals surface area contributed by atoms with Crippen molar-refractivity contribution in [1.82, 2.24) is 0 Å². The third-order valence-corrected chi connectivity index (χ3v) is 3.02. The molecule has 0 saturated carbocycles. The molecule has 0 nitrogen and oxygen atoms in total. The lowest BCUT2D eigenvalue weighted by atomic mass is 10.2. The Bertz CT molecular complexity index is 277. The maximum absolute atomic E-state index is 13.1. The van der Waals surface area contributed by atoms with Gasteiger partial charge in [-0.25, -0.2) is 4.39 Å². The Labute approximate surface area is 91.4 Å². The van der Waals surface area contributed by atoms with Crippen molar-refractivity contribution in [3.8, 4) is 0 Å². The average molecular weight is 349 g/mol. The molecule has 0 fully saturated rings.